The number of hydrogen-bond donors (Lipinski definition) is 1. The fourth-order valence-corrected chi connectivity index (χ4v) is 3.42. The van der Waals surface area contributed by atoms with E-state index in [2.05, 4.69) is 20.5 Å². The molecule has 0 aliphatic carbocycles. The number of carbonyl (C=O) groups excluding carboxylic acids is 1. The van der Waals surface area contributed by atoms with Crippen molar-refractivity contribution in [3.8, 4) is 0 Å². The van der Waals surface area contributed by atoms with Crippen molar-refractivity contribution in [2.24, 2.45) is 0 Å². The van der Waals surface area contributed by atoms with Gasteiger partial charge in [0.15, 0.2) is 11.5 Å². The van der Waals surface area contributed by atoms with Crippen molar-refractivity contribution in [2.75, 3.05) is 29.6 Å². The van der Waals surface area contributed by atoms with Crippen molar-refractivity contribution in [1.29, 1.82) is 0 Å². The third kappa shape index (κ3) is 4.92. The summed E-state index contributed by atoms with van der Waals surface area (Å²) in [7, 11) is 0. The Morgan fingerprint density at radius 2 is 1.86 bits per heavy atom. The number of hydrogen-bond acceptors (Lipinski definition) is 6. The second-order valence-electron chi connectivity index (χ2n) is 6.41. The summed E-state index contributed by atoms with van der Waals surface area (Å²) in [6, 6.07) is 4.02. The van der Waals surface area contributed by atoms with Gasteiger partial charge in [0.2, 0.25) is 0 Å². The number of rotatable bonds is 4. The first kappa shape index (κ1) is 20.4. The summed E-state index contributed by atoms with van der Waals surface area (Å²) in [6.07, 6.45) is 2.57. The molecule has 1 saturated heterocycles. The number of amides is 1. The van der Waals surface area contributed by atoms with E-state index in [1.165, 1.54) is 18.0 Å². The minimum Gasteiger partial charge on any atom is -0.354 e. The molecule has 1 aliphatic heterocycles. The van der Waals surface area contributed by atoms with Crippen LogP contribution in [0.15, 0.2) is 29.4 Å². The first-order chi connectivity index (χ1) is 13.4. The molecule has 3 heterocycles. The summed E-state index contributed by atoms with van der Waals surface area (Å²) < 4.78 is 39.4. The SMILES string of the molecule is CSc1cc(NC(=O)c2cc(C(F)(F)F)nnc2N2CCCCCC2)ccn1. The Hall–Kier alpha value is -2.36. The van der Waals surface area contributed by atoms with Gasteiger partial charge in [-0.05, 0) is 37.3 Å². The molecule has 0 spiro atoms. The molecule has 0 radical (unpaired) electrons. The molecule has 0 aromatic carbocycles. The van der Waals surface area contributed by atoms with Gasteiger partial charge in [0.25, 0.3) is 5.91 Å². The van der Waals surface area contributed by atoms with Gasteiger partial charge in [-0.15, -0.1) is 22.0 Å². The molecule has 0 saturated carbocycles. The molecule has 0 unspecified atom stereocenters. The number of anilines is 2. The zero-order valence-electron chi connectivity index (χ0n) is 15.3. The predicted molar refractivity (Wildman–Crippen MR) is 102 cm³/mol. The molecule has 28 heavy (non-hydrogen) atoms. The molecule has 3 rings (SSSR count). The van der Waals surface area contributed by atoms with E-state index < -0.39 is 17.8 Å². The summed E-state index contributed by atoms with van der Waals surface area (Å²) in [4.78, 5) is 18.8. The Morgan fingerprint density at radius 3 is 2.50 bits per heavy atom. The molecule has 2 aromatic rings. The lowest BCUT2D eigenvalue weighted by molar-refractivity contribution is -0.141. The third-order valence-corrected chi connectivity index (χ3v) is 5.06. The maximum Gasteiger partial charge on any atom is 0.435 e. The first-order valence-corrected chi connectivity index (χ1v) is 10.1. The largest absolute Gasteiger partial charge is 0.435 e. The van der Waals surface area contributed by atoms with Crippen LogP contribution in [0.1, 0.15) is 41.7 Å². The van der Waals surface area contributed by atoms with Gasteiger partial charge in [0.05, 0.1) is 10.6 Å². The molecule has 1 fully saturated rings. The quantitative estimate of drug-likeness (QED) is 0.759. The van der Waals surface area contributed by atoms with Crippen molar-refractivity contribution in [3.05, 3.63) is 35.7 Å². The van der Waals surface area contributed by atoms with Gasteiger partial charge < -0.3 is 10.2 Å². The maximum absolute atomic E-state index is 13.1. The molecular formula is C18H20F3N5OS. The molecule has 0 atom stereocenters. The van der Waals surface area contributed by atoms with E-state index in [9.17, 15) is 18.0 Å². The van der Waals surface area contributed by atoms with E-state index in [1.807, 2.05) is 11.2 Å². The predicted octanol–water partition coefficient (Wildman–Crippen LogP) is 4.25. The van der Waals surface area contributed by atoms with E-state index in [0.717, 1.165) is 31.7 Å². The molecule has 10 heteroatoms. The van der Waals surface area contributed by atoms with E-state index in [1.54, 1.807) is 12.1 Å². The summed E-state index contributed by atoms with van der Waals surface area (Å²) in [5.74, 6) is -0.468. The number of aromatic nitrogens is 3. The number of nitrogens with one attached hydrogen (secondary N) is 1. The number of alkyl halides is 3. The standard InChI is InChI=1S/C18H20F3N5OS/c1-28-15-10-12(6-7-22-15)23-17(27)13-11-14(18(19,20)21)24-25-16(13)26-8-4-2-3-5-9-26/h6-7,10-11H,2-5,8-9H2,1H3,(H,22,23,27). The van der Waals surface area contributed by atoms with Crippen LogP contribution in [0.4, 0.5) is 24.7 Å². The zero-order chi connectivity index (χ0) is 20.1. The average Bonchev–Trinajstić information content (AvgIpc) is 2.96. The van der Waals surface area contributed by atoms with Crippen molar-refractivity contribution >= 4 is 29.2 Å². The van der Waals surface area contributed by atoms with Gasteiger partial charge >= 0.3 is 6.18 Å². The smallest absolute Gasteiger partial charge is 0.354 e. The lowest BCUT2D eigenvalue weighted by Crippen LogP contribution is -2.29. The highest BCUT2D eigenvalue weighted by atomic mass is 32.2. The summed E-state index contributed by atoms with van der Waals surface area (Å²) in [5.41, 5.74) is -0.862. The third-order valence-electron chi connectivity index (χ3n) is 4.42. The van der Waals surface area contributed by atoms with Crippen molar-refractivity contribution in [1.82, 2.24) is 15.2 Å². The van der Waals surface area contributed by atoms with Gasteiger partial charge in [-0.3, -0.25) is 4.79 Å². The van der Waals surface area contributed by atoms with Crippen molar-refractivity contribution in [3.63, 3.8) is 0 Å². The van der Waals surface area contributed by atoms with Crippen LogP contribution in [0.3, 0.4) is 0 Å². The normalized spacial score (nSPS) is 15.2. The summed E-state index contributed by atoms with van der Waals surface area (Å²) in [5, 5.41) is 10.5. The average molecular weight is 411 g/mol. The van der Waals surface area contributed by atoms with E-state index >= 15 is 0 Å². The van der Waals surface area contributed by atoms with Crippen LogP contribution in [-0.2, 0) is 6.18 Å². The van der Waals surface area contributed by atoms with Gasteiger partial charge in [0, 0.05) is 25.0 Å². The lowest BCUT2D eigenvalue weighted by Gasteiger charge is -2.23. The molecule has 1 aliphatic rings. The Bertz CT molecular complexity index is 838. The molecule has 1 amide bonds. The summed E-state index contributed by atoms with van der Waals surface area (Å²) >= 11 is 1.40. The number of thioether (sulfide) groups is 1. The van der Waals surface area contributed by atoms with Crippen LogP contribution in [0.5, 0.6) is 0 Å². The number of nitrogens with zero attached hydrogens (tertiary/aromatic N) is 4. The maximum atomic E-state index is 13.1. The number of carbonyl (C=O) groups is 1. The van der Waals surface area contributed by atoms with Crippen LogP contribution in [0, 0.1) is 0 Å². The molecule has 1 N–H and O–H groups in total. The van der Waals surface area contributed by atoms with Crippen molar-refractivity contribution < 1.29 is 18.0 Å². The minimum atomic E-state index is -4.68. The van der Waals surface area contributed by atoms with Crippen LogP contribution in [-0.4, -0.2) is 40.4 Å². The first-order valence-electron chi connectivity index (χ1n) is 8.90. The molecular weight excluding hydrogens is 391 g/mol. The minimum absolute atomic E-state index is 0.133. The molecule has 0 bridgehead atoms. The monoisotopic (exact) mass is 411 g/mol. The topological polar surface area (TPSA) is 71.0 Å². The summed E-state index contributed by atoms with van der Waals surface area (Å²) in [6.45, 7) is 1.26. The number of halogens is 3. The second-order valence-corrected chi connectivity index (χ2v) is 7.23. The van der Waals surface area contributed by atoms with Crippen molar-refractivity contribution in [2.45, 2.75) is 36.9 Å². The highest BCUT2D eigenvalue weighted by Crippen LogP contribution is 2.31. The zero-order valence-corrected chi connectivity index (χ0v) is 16.1. The van der Waals surface area contributed by atoms with E-state index in [4.69, 9.17) is 0 Å². The van der Waals surface area contributed by atoms with Gasteiger partial charge in [-0.2, -0.15) is 13.2 Å². The van der Waals surface area contributed by atoms with Gasteiger partial charge in [-0.1, -0.05) is 12.8 Å². The van der Waals surface area contributed by atoms with Crippen LogP contribution in [0.25, 0.3) is 0 Å². The Morgan fingerprint density at radius 1 is 1.14 bits per heavy atom. The number of pyridine rings is 1. The Kier molecular flexibility index (Phi) is 6.38. The fourth-order valence-electron chi connectivity index (χ4n) is 3.00. The van der Waals surface area contributed by atoms with E-state index in [0.29, 0.717) is 23.8 Å². The van der Waals surface area contributed by atoms with E-state index in [-0.39, 0.29) is 11.4 Å². The van der Waals surface area contributed by atoms with Crippen LogP contribution >= 0.6 is 11.8 Å². The van der Waals surface area contributed by atoms with Crippen LogP contribution < -0.4 is 10.2 Å². The Labute approximate surface area is 164 Å². The molecule has 6 nitrogen and oxygen atoms in total. The Balaban J connectivity index is 1.95. The van der Waals surface area contributed by atoms with Crippen LogP contribution in [0.2, 0.25) is 0 Å². The van der Waals surface area contributed by atoms with Gasteiger partial charge in [-0.25, -0.2) is 4.98 Å². The molecule has 2 aromatic heterocycles. The van der Waals surface area contributed by atoms with Gasteiger partial charge in [0.1, 0.15) is 0 Å². The lowest BCUT2D eigenvalue weighted by atomic mass is 10.2. The molecule has 150 valence electrons. The highest BCUT2D eigenvalue weighted by molar-refractivity contribution is 7.98. The fraction of sp³-hybridized carbons (Fsp3) is 0.444. The second kappa shape index (κ2) is 8.76. The highest BCUT2D eigenvalue weighted by Gasteiger charge is 2.35.